The van der Waals surface area contributed by atoms with Crippen molar-refractivity contribution in [3.63, 3.8) is 0 Å². The number of hydrogen-bond donors (Lipinski definition) is 1. The first kappa shape index (κ1) is 12.2. The Morgan fingerprint density at radius 1 is 1.29 bits per heavy atom. The second-order valence-corrected chi connectivity index (χ2v) is 5.26. The van der Waals surface area contributed by atoms with Gasteiger partial charge < -0.3 is 9.84 Å². The third-order valence-electron chi connectivity index (χ3n) is 2.46. The van der Waals surface area contributed by atoms with Crippen molar-refractivity contribution in [1.29, 1.82) is 0 Å². The van der Waals surface area contributed by atoms with Gasteiger partial charge in [-0.2, -0.15) is 4.98 Å². The van der Waals surface area contributed by atoms with Crippen LogP contribution in [0.2, 0.25) is 0 Å². The summed E-state index contributed by atoms with van der Waals surface area (Å²) < 4.78 is 5.05. The van der Waals surface area contributed by atoms with Crippen LogP contribution in [0.3, 0.4) is 0 Å². The van der Waals surface area contributed by atoms with E-state index in [1.54, 1.807) is 11.3 Å². The van der Waals surface area contributed by atoms with E-state index < -0.39 is 0 Å². The average molecular weight is 252 g/mol. The molecule has 2 heterocycles. The molecular weight excluding hydrogens is 236 g/mol. The molecule has 0 saturated heterocycles. The van der Waals surface area contributed by atoms with E-state index in [0.29, 0.717) is 18.3 Å². The van der Waals surface area contributed by atoms with Gasteiger partial charge in [-0.3, -0.25) is 0 Å². The lowest BCUT2D eigenvalue weighted by Crippen LogP contribution is -2.18. The fraction of sp³-hybridized carbons (Fsp3) is 0.545. The number of nitrogens with zero attached hydrogens (tertiary/aromatic N) is 3. The molecule has 5 nitrogen and oxygen atoms in total. The van der Waals surface area contributed by atoms with Crippen LogP contribution < -0.4 is 5.32 Å². The van der Waals surface area contributed by atoms with E-state index in [9.17, 15) is 0 Å². The molecule has 0 fully saturated rings. The van der Waals surface area contributed by atoms with Gasteiger partial charge in [0, 0.05) is 10.9 Å². The van der Waals surface area contributed by atoms with Crippen molar-refractivity contribution in [3.8, 4) is 0 Å². The molecule has 0 amide bonds. The lowest BCUT2D eigenvalue weighted by Gasteiger charge is -2.10. The van der Waals surface area contributed by atoms with E-state index in [4.69, 9.17) is 4.52 Å². The van der Waals surface area contributed by atoms with Crippen LogP contribution >= 0.6 is 11.3 Å². The molecule has 6 heteroatoms. The van der Waals surface area contributed by atoms with Crippen LogP contribution in [-0.4, -0.2) is 15.1 Å². The van der Waals surface area contributed by atoms with Gasteiger partial charge in [0.15, 0.2) is 5.82 Å². The molecule has 2 aromatic heterocycles. The molecule has 0 aliphatic rings. The fourth-order valence-electron chi connectivity index (χ4n) is 1.69. The normalized spacial score (nSPS) is 12.9. The summed E-state index contributed by atoms with van der Waals surface area (Å²) in [6, 6.07) is 0.244. The second-order valence-electron chi connectivity index (χ2n) is 4.02. The quantitative estimate of drug-likeness (QED) is 0.904. The van der Waals surface area contributed by atoms with Crippen molar-refractivity contribution in [2.45, 2.75) is 40.3 Å². The van der Waals surface area contributed by atoms with Crippen molar-refractivity contribution in [2.75, 3.05) is 0 Å². The SMILES string of the molecule is Cc1noc(CNC(C)c2sc(C)nc2C)n1. The molecule has 0 radical (unpaired) electrons. The van der Waals surface area contributed by atoms with Crippen molar-refractivity contribution >= 4 is 11.3 Å². The van der Waals surface area contributed by atoms with Crippen molar-refractivity contribution < 1.29 is 4.52 Å². The van der Waals surface area contributed by atoms with Crippen LogP contribution in [0.1, 0.15) is 40.3 Å². The molecule has 2 aromatic rings. The molecule has 0 aliphatic carbocycles. The molecule has 0 aliphatic heterocycles. The van der Waals surface area contributed by atoms with E-state index in [1.807, 2.05) is 20.8 Å². The van der Waals surface area contributed by atoms with Gasteiger partial charge >= 0.3 is 0 Å². The van der Waals surface area contributed by atoms with E-state index in [2.05, 4.69) is 27.4 Å². The van der Waals surface area contributed by atoms with Crippen LogP contribution in [-0.2, 0) is 6.54 Å². The Bertz CT molecular complexity index is 505. The molecule has 92 valence electrons. The number of nitrogens with one attached hydrogen (secondary N) is 1. The highest BCUT2D eigenvalue weighted by Gasteiger charge is 2.13. The third-order valence-corrected chi connectivity index (χ3v) is 3.72. The third kappa shape index (κ3) is 2.89. The van der Waals surface area contributed by atoms with Crippen molar-refractivity contribution in [1.82, 2.24) is 20.4 Å². The van der Waals surface area contributed by atoms with Crippen LogP contribution in [0.4, 0.5) is 0 Å². The zero-order valence-electron chi connectivity index (χ0n) is 10.4. The Morgan fingerprint density at radius 2 is 2.06 bits per heavy atom. The Balaban J connectivity index is 1.97. The van der Waals surface area contributed by atoms with Gasteiger partial charge in [-0.1, -0.05) is 5.16 Å². The number of aromatic nitrogens is 3. The van der Waals surface area contributed by atoms with Crippen LogP contribution in [0.25, 0.3) is 0 Å². The highest BCUT2D eigenvalue weighted by atomic mass is 32.1. The lowest BCUT2D eigenvalue weighted by molar-refractivity contribution is 0.358. The summed E-state index contributed by atoms with van der Waals surface area (Å²) in [7, 11) is 0. The van der Waals surface area contributed by atoms with Gasteiger partial charge in [0.1, 0.15) is 0 Å². The van der Waals surface area contributed by atoms with Gasteiger partial charge in [0.25, 0.3) is 0 Å². The van der Waals surface area contributed by atoms with Gasteiger partial charge in [0.2, 0.25) is 5.89 Å². The van der Waals surface area contributed by atoms with Crippen molar-refractivity contribution in [2.24, 2.45) is 0 Å². The first-order valence-corrected chi connectivity index (χ1v) is 6.34. The Morgan fingerprint density at radius 3 is 2.59 bits per heavy atom. The summed E-state index contributed by atoms with van der Waals surface area (Å²) in [5.74, 6) is 1.28. The Kier molecular flexibility index (Phi) is 3.54. The van der Waals surface area contributed by atoms with E-state index in [0.717, 1.165) is 10.7 Å². The molecule has 0 bridgehead atoms. The van der Waals surface area contributed by atoms with Crippen LogP contribution in [0, 0.1) is 20.8 Å². The first-order valence-electron chi connectivity index (χ1n) is 5.52. The second kappa shape index (κ2) is 4.93. The number of rotatable bonds is 4. The minimum Gasteiger partial charge on any atom is -0.338 e. The summed E-state index contributed by atoms with van der Waals surface area (Å²) in [6.07, 6.45) is 0. The van der Waals surface area contributed by atoms with Crippen LogP contribution in [0.5, 0.6) is 0 Å². The predicted molar refractivity (Wildman–Crippen MR) is 65.9 cm³/mol. The van der Waals surface area contributed by atoms with Gasteiger partial charge in [-0.15, -0.1) is 11.3 Å². The molecule has 0 saturated carbocycles. The topological polar surface area (TPSA) is 63.8 Å². The highest BCUT2D eigenvalue weighted by molar-refractivity contribution is 7.11. The standard InChI is InChI=1S/C11H16N4OS/c1-6(11-7(2)13-9(4)17-11)12-5-10-14-8(3)15-16-10/h6,12H,5H2,1-4H3. The van der Waals surface area contributed by atoms with E-state index >= 15 is 0 Å². The maximum atomic E-state index is 5.05. The summed E-state index contributed by atoms with van der Waals surface area (Å²) in [4.78, 5) is 9.83. The Hall–Kier alpha value is -1.27. The lowest BCUT2D eigenvalue weighted by atomic mass is 10.2. The molecular formula is C11H16N4OS. The monoisotopic (exact) mass is 252 g/mol. The number of aryl methyl sites for hydroxylation is 3. The molecule has 1 atom stereocenters. The van der Waals surface area contributed by atoms with Crippen LogP contribution in [0.15, 0.2) is 4.52 Å². The molecule has 0 spiro atoms. The first-order chi connectivity index (χ1) is 8.06. The van der Waals surface area contributed by atoms with Gasteiger partial charge in [0.05, 0.1) is 17.2 Å². The smallest absolute Gasteiger partial charge is 0.240 e. The number of hydrogen-bond acceptors (Lipinski definition) is 6. The van der Waals surface area contributed by atoms with E-state index in [-0.39, 0.29) is 6.04 Å². The minimum absolute atomic E-state index is 0.244. The van der Waals surface area contributed by atoms with Gasteiger partial charge in [-0.05, 0) is 27.7 Å². The minimum atomic E-state index is 0.244. The maximum Gasteiger partial charge on any atom is 0.240 e. The summed E-state index contributed by atoms with van der Waals surface area (Å²) in [5, 5.41) is 8.21. The molecule has 1 unspecified atom stereocenters. The average Bonchev–Trinajstić information content (AvgIpc) is 2.81. The number of thiazole rings is 1. The van der Waals surface area contributed by atoms with Gasteiger partial charge in [-0.25, -0.2) is 4.98 Å². The summed E-state index contributed by atoms with van der Waals surface area (Å²) >= 11 is 1.72. The van der Waals surface area contributed by atoms with Crippen molar-refractivity contribution in [3.05, 3.63) is 27.3 Å². The molecule has 2 rings (SSSR count). The summed E-state index contributed by atoms with van der Waals surface area (Å²) in [5.41, 5.74) is 1.09. The molecule has 17 heavy (non-hydrogen) atoms. The zero-order chi connectivity index (χ0) is 12.4. The highest BCUT2D eigenvalue weighted by Crippen LogP contribution is 2.24. The van der Waals surface area contributed by atoms with E-state index in [1.165, 1.54) is 4.88 Å². The fourth-order valence-corrected chi connectivity index (χ4v) is 2.65. The largest absolute Gasteiger partial charge is 0.338 e. The molecule has 1 N–H and O–H groups in total. The predicted octanol–water partition coefficient (Wildman–Crippen LogP) is 2.30. The maximum absolute atomic E-state index is 5.05. The molecule has 0 aromatic carbocycles. The zero-order valence-corrected chi connectivity index (χ0v) is 11.3. The summed E-state index contributed by atoms with van der Waals surface area (Å²) in [6.45, 7) is 8.57. The Labute approximate surface area is 104 Å².